The van der Waals surface area contributed by atoms with Gasteiger partial charge in [-0.05, 0) is 18.2 Å². The summed E-state index contributed by atoms with van der Waals surface area (Å²) in [6.45, 7) is 1.36. The van der Waals surface area contributed by atoms with Gasteiger partial charge in [0, 0.05) is 18.8 Å². The van der Waals surface area contributed by atoms with Crippen LogP contribution >= 0.6 is 0 Å². The number of ether oxygens (including phenoxy) is 1. The number of carbonyl (C=O) groups is 1. The Morgan fingerprint density at radius 3 is 3.20 bits per heavy atom. The van der Waals surface area contributed by atoms with Crippen molar-refractivity contribution in [3.05, 3.63) is 18.2 Å². The second kappa shape index (κ2) is 4.18. The predicted molar refractivity (Wildman–Crippen MR) is 58.1 cm³/mol. The fraction of sp³-hybridized carbons (Fsp3) is 0.300. The van der Waals surface area contributed by atoms with Gasteiger partial charge in [0.25, 0.3) is 5.91 Å². The molecule has 0 bridgehead atoms. The van der Waals surface area contributed by atoms with Crippen LogP contribution in [0.1, 0.15) is 0 Å². The molecule has 15 heavy (non-hydrogen) atoms. The van der Waals surface area contributed by atoms with Gasteiger partial charge in [-0.25, -0.2) is 0 Å². The molecule has 0 fully saturated rings. The van der Waals surface area contributed by atoms with Crippen LogP contribution in [0.5, 0.6) is 5.75 Å². The van der Waals surface area contributed by atoms with Gasteiger partial charge in [0.15, 0.2) is 6.61 Å². The molecule has 1 amide bonds. The number of benzene rings is 1. The summed E-state index contributed by atoms with van der Waals surface area (Å²) < 4.78 is 5.23. The zero-order chi connectivity index (χ0) is 10.7. The summed E-state index contributed by atoms with van der Waals surface area (Å²) in [6, 6.07) is 5.56. The van der Waals surface area contributed by atoms with Gasteiger partial charge >= 0.3 is 0 Å². The van der Waals surface area contributed by atoms with Crippen molar-refractivity contribution in [2.24, 2.45) is 5.73 Å². The Morgan fingerprint density at radius 1 is 1.53 bits per heavy atom. The third kappa shape index (κ3) is 2.19. The predicted octanol–water partition coefficient (Wildman–Crippen LogP) is 0.388. The van der Waals surface area contributed by atoms with Crippen LogP contribution in [0.25, 0.3) is 0 Å². The Labute approximate surface area is 87.6 Å². The molecule has 1 aliphatic heterocycles. The first-order valence-electron chi connectivity index (χ1n) is 4.80. The highest BCUT2D eigenvalue weighted by Crippen LogP contribution is 2.30. The molecule has 1 aliphatic rings. The molecule has 0 atom stereocenters. The molecule has 80 valence electrons. The molecular formula is C10H13N3O2. The standard InChI is InChI=1S/C10H13N3O2/c11-3-4-12-7-1-2-9-8(5-7)13-10(14)6-15-9/h1-2,5,12H,3-4,6,11H2,(H,13,14). The van der Waals surface area contributed by atoms with Crippen LogP contribution in [0.15, 0.2) is 18.2 Å². The summed E-state index contributed by atoms with van der Waals surface area (Å²) in [5.41, 5.74) is 7.00. The minimum absolute atomic E-state index is 0.0859. The van der Waals surface area contributed by atoms with E-state index in [9.17, 15) is 4.79 Å². The summed E-state index contributed by atoms with van der Waals surface area (Å²) in [5, 5.41) is 5.87. The Kier molecular flexibility index (Phi) is 2.73. The maximum Gasteiger partial charge on any atom is 0.262 e. The molecular weight excluding hydrogens is 194 g/mol. The first-order valence-corrected chi connectivity index (χ1v) is 4.80. The quantitative estimate of drug-likeness (QED) is 0.670. The molecule has 0 radical (unpaired) electrons. The minimum Gasteiger partial charge on any atom is -0.482 e. The maximum absolute atomic E-state index is 11.1. The van der Waals surface area contributed by atoms with Crippen molar-refractivity contribution in [1.82, 2.24) is 0 Å². The number of amides is 1. The second-order valence-electron chi connectivity index (χ2n) is 3.26. The number of nitrogens with two attached hydrogens (primary N) is 1. The highest BCUT2D eigenvalue weighted by molar-refractivity contribution is 5.95. The number of hydrogen-bond acceptors (Lipinski definition) is 4. The Morgan fingerprint density at radius 2 is 2.40 bits per heavy atom. The van der Waals surface area contributed by atoms with E-state index in [0.29, 0.717) is 24.5 Å². The van der Waals surface area contributed by atoms with Crippen molar-refractivity contribution in [1.29, 1.82) is 0 Å². The Hall–Kier alpha value is -1.75. The molecule has 1 aromatic carbocycles. The van der Waals surface area contributed by atoms with E-state index in [2.05, 4.69) is 10.6 Å². The van der Waals surface area contributed by atoms with Gasteiger partial charge in [-0.2, -0.15) is 0 Å². The highest BCUT2D eigenvalue weighted by atomic mass is 16.5. The van der Waals surface area contributed by atoms with Gasteiger partial charge < -0.3 is 21.1 Å². The zero-order valence-corrected chi connectivity index (χ0v) is 8.25. The van der Waals surface area contributed by atoms with E-state index in [1.165, 1.54) is 0 Å². The number of anilines is 2. The molecule has 0 aromatic heterocycles. The Balaban J connectivity index is 2.17. The number of nitrogens with one attached hydrogen (secondary N) is 2. The number of fused-ring (bicyclic) bond motifs is 1. The van der Waals surface area contributed by atoms with E-state index < -0.39 is 0 Å². The van der Waals surface area contributed by atoms with Gasteiger partial charge in [0.05, 0.1) is 5.69 Å². The fourth-order valence-corrected chi connectivity index (χ4v) is 1.41. The molecule has 5 nitrogen and oxygen atoms in total. The summed E-state index contributed by atoms with van der Waals surface area (Å²) in [7, 11) is 0. The monoisotopic (exact) mass is 207 g/mol. The molecule has 4 N–H and O–H groups in total. The largest absolute Gasteiger partial charge is 0.482 e. The normalized spacial score (nSPS) is 13.8. The smallest absolute Gasteiger partial charge is 0.262 e. The summed E-state index contributed by atoms with van der Waals surface area (Å²) in [6.07, 6.45) is 0. The fourth-order valence-electron chi connectivity index (χ4n) is 1.41. The SMILES string of the molecule is NCCNc1ccc2c(c1)NC(=O)CO2. The molecule has 0 saturated heterocycles. The van der Waals surface area contributed by atoms with Crippen LogP contribution in [-0.4, -0.2) is 25.6 Å². The van der Waals surface area contributed by atoms with Gasteiger partial charge in [0.1, 0.15) is 5.75 Å². The molecule has 0 spiro atoms. The summed E-state index contributed by atoms with van der Waals surface area (Å²) in [5.74, 6) is 0.575. The number of rotatable bonds is 3. The van der Waals surface area contributed by atoms with Crippen LogP contribution in [-0.2, 0) is 4.79 Å². The summed E-state index contributed by atoms with van der Waals surface area (Å²) >= 11 is 0. The second-order valence-corrected chi connectivity index (χ2v) is 3.26. The van der Waals surface area contributed by atoms with Crippen LogP contribution in [0.2, 0.25) is 0 Å². The molecule has 0 unspecified atom stereocenters. The van der Waals surface area contributed by atoms with E-state index in [1.807, 2.05) is 18.2 Å². The Bertz CT molecular complexity index is 379. The van der Waals surface area contributed by atoms with Crippen molar-refractivity contribution in [3.63, 3.8) is 0 Å². The van der Waals surface area contributed by atoms with Gasteiger partial charge in [-0.1, -0.05) is 0 Å². The van der Waals surface area contributed by atoms with Crippen molar-refractivity contribution < 1.29 is 9.53 Å². The summed E-state index contributed by atoms with van der Waals surface area (Å²) in [4.78, 5) is 11.1. The lowest BCUT2D eigenvalue weighted by Gasteiger charge is -2.18. The molecule has 0 saturated carbocycles. The lowest BCUT2D eigenvalue weighted by molar-refractivity contribution is -0.118. The lowest BCUT2D eigenvalue weighted by Crippen LogP contribution is -2.25. The lowest BCUT2D eigenvalue weighted by atomic mass is 10.2. The van der Waals surface area contributed by atoms with Crippen molar-refractivity contribution in [3.8, 4) is 5.75 Å². The number of carbonyl (C=O) groups excluding carboxylic acids is 1. The first kappa shape index (κ1) is 9.79. The molecule has 0 aliphatic carbocycles. The average molecular weight is 207 g/mol. The third-order valence-corrected chi connectivity index (χ3v) is 2.09. The van der Waals surface area contributed by atoms with Crippen molar-refractivity contribution in [2.45, 2.75) is 0 Å². The van der Waals surface area contributed by atoms with Crippen LogP contribution in [0.4, 0.5) is 11.4 Å². The van der Waals surface area contributed by atoms with Crippen LogP contribution < -0.4 is 21.1 Å². The first-order chi connectivity index (χ1) is 7.29. The number of hydrogen-bond donors (Lipinski definition) is 3. The topological polar surface area (TPSA) is 76.4 Å². The van der Waals surface area contributed by atoms with Gasteiger partial charge in [-0.3, -0.25) is 4.79 Å². The molecule has 2 rings (SSSR count). The third-order valence-electron chi connectivity index (χ3n) is 2.09. The molecule has 1 heterocycles. The van der Waals surface area contributed by atoms with E-state index in [0.717, 1.165) is 5.69 Å². The van der Waals surface area contributed by atoms with E-state index in [1.54, 1.807) is 0 Å². The zero-order valence-electron chi connectivity index (χ0n) is 8.25. The molecule has 1 aromatic rings. The molecule has 5 heteroatoms. The van der Waals surface area contributed by atoms with Crippen molar-refractivity contribution >= 4 is 17.3 Å². The average Bonchev–Trinajstić information content (AvgIpc) is 2.25. The maximum atomic E-state index is 11.1. The van der Waals surface area contributed by atoms with Gasteiger partial charge in [0.2, 0.25) is 0 Å². The minimum atomic E-state index is -0.126. The van der Waals surface area contributed by atoms with Crippen molar-refractivity contribution in [2.75, 3.05) is 30.3 Å². The highest BCUT2D eigenvalue weighted by Gasteiger charge is 2.15. The van der Waals surface area contributed by atoms with Crippen LogP contribution in [0.3, 0.4) is 0 Å². The van der Waals surface area contributed by atoms with Crippen LogP contribution in [0, 0.1) is 0 Å². The van der Waals surface area contributed by atoms with E-state index in [-0.39, 0.29) is 12.5 Å². The van der Waals surface area contributed by atoms with Gasteiger partial charge in [-0.15, -0.1) is 0 Å². The van der Waals surface area contributed by atoms with E-state index in [4.69, 9.17) is 10.5 Å². The van der Waals surface area contributed by atoms with E-state index >= 15 is 0 Å².